The molecule has 0 saturated carbocycles. The smallest absolute Gasteiger partial charge is 0.223 e. The van der Waals surface area contributed by atoms with Gasteiger partial charge in [-0.05, 0) is 43.4 Å². The first kappa shape index (κ1) is 20.8. The van der Waals surface area contributed by atoms with E-state index < -0.39 is 0 Å². The number of hydrogen-bond donors (Lipinski definition) is 1. The van der Waals surface area contributed by atoms with Crippen molar-refractivity contribution in [1.29, 1.82) is 0 Å². The van der Waals surface area contributed by atoms with Crippen molar-refractivity contribution >= 4 is 18.3 Å². The van der Waals surface area contributed by atoms with Gasteiger partial charge in [0, 0.05) is 25.6 Å². The first-order valence-corrected chi connectivity index (χ1v) is 8.77. The van der Waals surface area contributed by atoms with Gasteiger partial charge in [-0.2, -0.15) is 0 Å². The summed E-state index contributed by atoms with van der Waals surface area (Å²) in [6.45, 7) is 7.12. The van der Waals surface area contributed by atoms with Crippen LogP contribution in [0.2, 0.25) is 0 Å². The van der Waals surface area contributed by atoms with Crippen LogP contribution in [0.5, 0.6) is 5.75 Å². The summed E-state index contributed by atoms with van der Waals surface area (Å²) in [6.07, 6.45) is 3.57. The second-order valence-electron chi connectivity index (χ2n) is 6.56. The Morgan fingerprint density at radius 3 is 2.79 bits per heavy atom. The van der Waals surface area contributed by atoms with Gasteiger partial charge in [0.2, 0.25) is 5.91 Å². The van der Waals surface area contributed by atoms with Crippen LogP contribution in [-0.4, -0.2) is 43.6 Å². The molecule has 1 aliphatic rings. The topological polar surface area (TPSA) is 41.6 Å². The van der Waals surface area contributed by atoms with Crippen molar-refractivity contribution in [1.82, 2.24) is 10.2 Å². The van der Waals surface area contributed by atoms with Crippen LogP contribution in [0.1, 0.15) is 38.7 Å². The zero-order chi connectivity index (χ0) is 16.7. The maximum atomic E-state index is 12.7. The van der Waals surface area contributed by atoms with Gasteiger partial charge in [0.1, 0.15) is 5.75 Å². The summed E-state index contributed by atoms with van der Waals surface area (Å²) in [6, 6.07) is 8.46. The Balaban J connectivity index is 0.00000288. The lowest BCUT2D eigenvalue weighted by Crippen LogP contribution is -2.42. The summed E-state index contributed by atoms with van der Waals surface area (Å²) in [7, 11) is 1.70. The number of ether oxygens (including phenoxy) is 1. The standard InChI is InChI=1S/C19H30N2O2.ClH/c1-4-11-21(17-9-10-20-14-17)19(22)13-15(2)12-16-7-5-6-8-18(16)23-3;/h5-8,15,17,20H,4,9-14H2,1-3H3;1H. The van der Waals surface area contributed by atoms with Crippen LogP contribution < -0.4 is 10.1 Å². The number of amides is 1. The van der Waals surface area contributed by atoms with Crippen LogP contribution in [-0.2, 0) is 11.2 Å². The molecule has 1 saturated heterocycles. The molecule has 0 aromatic heterocycles. The predicted octanol–water partition coefficient (Wildman–Crippen LogP) is 3.29. The van der Waals surface area contributed by atoms with E-state index in [1.165, 1.54) is 5.56 Å². The number of methoxy groups -OCH3 is 1. The van der Waals surface area contributed by atoms with E-state index in [0.29, 0.717) is 24.3 Å². The van der Waals surface area contributed by atoms with E-state index in [2.05, 4.69) is 30.1 Å². The van der Waals surface area contributed by atoms with Gasteiger partial charge in [0.05, 0.1) is 7.11 Å². The Kier molecular flexibility index (Phi) is 9.16. The lowest BCUT2D eigenvalue weighted by molar-refractivity contribution is -0.134. The number of halogens is 1. The molecule has 1 fully saturated rings. The summed E-state index contributed by atoms with van der Waals surface area (Å²) < 4.78 is 5.41. The van der Waals surface area contributed by atoms with Gasteiger partial charge >= 0.3 is 0 Å². The largest absolute Gasteiger partial charge is 0.496 e. The van der Waals surface area contributed by atoms with Crippen LogP contribution in [0.3, 0.4) is 0 Å². The average Bonchev–Trinajstić information content (AvgIpc) is 3.06. The van der Waals surface area contributed by atoms with Gasteiger partial charge in [-0.1, -0.05) is 32.0 Å². The van der Waals surface area contributed by atoms with Crippen LogP contribution in [0.15, 0.2) is 24.3 Å². The Morgan fingerprint density at radius 2 is 2.17 bits per heavy atom. The highest BCUT2D eigenvalue weighted by molar-refractivity contribution is 5.85. The molecule has 24 heavy (non-hydrogen) atoms. The van der Waals surface area contributed by atoms with Crippen LogP contribution in [0.4, 0.5) is 0 Å². The molecule has 1 aromatic carbocycles. The highest BCUT2D eigenvalue weighted by atomic mass is 35.5. The summed E-state index contributed by atoms with van der Waals surface area (Å²) in [5.74, 6) is 1.52. The molecule has 2 rings (SSSR count). The van der Waals surface area contributed by atoms with E-state index in [1.807, 2.05) is 18.2 Å². The molecule has 0 spiro atoms. The van der Waals surface area contributed by atoms with E-state index in [9.17, 15) is 4.79 Å². The molecule has 5 heteroatoms. The molecule has 0 bridgehead atoms. The number of para-hydroxylation sites is 1. The number of carbonyl (C=O) groups excluding carboxylic acids is 1. The predicted molar refractivity (Wildman–Crippen MR) is 101 cm³/mol. The fourth-order valence-electron chi connectivity index (χ4n) is 3.39. The monoisotopic (exact) mass is 354 g/mol. The van der Waals surface area contributed by atoms with Gasteiger partial charge in [-0.25, -0.2) is 0 Å². The fraction of sp³-hybridized carbons (Fsp3) is 0.632. The molecule has 1 aromatic rings. The lowest BCUT2D eigenvalue weighted by atomic mass is 9.96. The van der Waals surface area contributed by atoms with E-state index in [1.54, 1.807) is 7.11 Å². The van der Waals surface area contributed by atoms with Gasteiger partial charge in [0.15, 0.2) is 0 Å². The molecular weight excluding hydrogens is 324 g/mol. The van der Waals surface area contributed by atoms with Crippen molar-refractivity contribution in [2.24, 2.45) is 5.92 Å². The Hall–Kier alpha value is -1.26. The number of hydrogen-bond acceptors (Lipinski definition) is 3. The highest BCUT2D eigenvalue weighted by Crippen LogP contribution is 2.23. The molecule has 2 atom stereocenters. The third-order valence-corrected chi connectivity index (χ3v) is 4.54. The lowest BCUT2D eigenvalue weighted by Gasteiger charge is -2.29. The Labute approximate surface area is 152 Å². The third-order valence-electron chi connectivity index (χ3n) is 4.54. The minimum absolute atomic E-state index is 0. The highest BCUT2D eigenvalue weighted by Gasteiger charge is 2.26. The Morgan fingerprint density at radius 1 is 1.42 bits per heavy atom. The van der Waals surface area contributed by atoms with E-state index in [-0.39, 0.29) is 12.4 Å². The number of benzene rings is 1. The summed E-state index contributed by atoms with van der Waals surface area (Å²) in [5, 5.41) is 3.36. The quantitative estimate of drug-likeness (QED) is 0.778. The zero-order valence-electron chi connectivity index (χ0n) is 15.1. The molecule has 1 N–H and O–H groups in total. The molecule has 0 radical (unpaired) electrons. The fourth-order valence-corrected chi connectivity index (χ4v) is 3.39. The third kappa shape index (κ3) is 5.67. The SMILES string of the molecule is CCCN(C(=O)CC(C)Cc1ccccc1OC)C1CCNC1.Cl. The number of rotatable bonds is 8. The van der Waals surface area contributed by atoms with Crippen LogP contribution >= 0.6 is 12.4 Å². The van der Waals surface area contributed by atoms with Gasteiger partial charge in [0.25, 0.3) is 0 Å². The molecular formula is C19H31ClN2O2. The summed E-state index contributed by atoms with van der Waals surface area (Å²) in [4.78, 5) is 14.8. The first-order chi connectivity index (χ1) is 11.2. The summed E-state index contributed by atoms with van der Waals surface area (Å²) in [5.41, 5.74) is 1.18. The van der Waals surface area contributed by atoms with Crippen molar-refractivity contribution in [2.45, 2.75) is 45.6 Å². The van der Waals surface area contributed by atoms with Crippen molar-refractivity contribution in [2.75, 3.05) is 26.7 Å². The van der Waals surface area contributed by atoms with Crippen molar-refractivity contribution < 1.29 is 9.53 Å². The maximum absolute atomic E-state index is 12.7. The molecule has 4 nitrogen and oxygen atoms in total. The van der Waals surface area contributed by atoms with Gasteiger partial charge in [-0.15, -0.1) is 12.4 Å². The minimum Gasteiger partial charge on any atom is -0.496 e. The van der Waals surface area contributed by atoms with Crippen LogP contribution in [0, 0.1) is 5.92 Å². The first-order valence-electron chi connectivity index (χ1n) is 8.77. The second-order valence-corrected chi connectivity index (χ2v) is 6.56. The van der Waals surface area contributed by atoms with Crippen molar-refractivity contribution in [3.63, 3.8) is 0 Å². The molecule has 1 heterocycles. The maximum Gasteiger partial charge on any atom is 0.223 e. The molecule has 1 aliphatic heterocycles. The molecule has 136 valence electrons. The molecule has 0 aliphatic carbocycles. The zero-order valence-corrected chi connectivity index (χ0v) is 15.9. The summed E-state index contributed by atoms with van der Waals surface area (Å²) >= 11 is 0. The van der Waals surface area contributed by atoms with Gasteiger partial charge < -0.3 is 15.0 Å². The average molecular weight is 355 g/mol. The second kappa shape index (κ2) is 10.6. The van der Waals surface area contributed by atoms with Gasteiger partial charge in [-0.3, -0.25) is 4.79 Å². The van der Waals surface area contributed by atoms with E-state index >= 15 is 0 Å². The van der Waals surface area contributed by atoms with E-state index in [4.69, 9.17) is 4.74 Å². The normalized spacial score (nSPS) is 17.9. The number of nitrogens with one attached hydrogen (secondary N) is 1. The number of nitrogens with zero attached hydrogens (tertiary/aromatic N) is 1. The van der Waals surface area contributed by atoms with Crippen molar-refractivity contribution in [3.05, 3.63) is 29.8 Å². The Bertz CT molecular complexity index is 504. The van der Waals surface area contributed by atoms with Crippen molar-refractivity contribution in [3.8, 4) is 5.75 Å². The van der Waals surface area contributed by atoms with E-state index in [0.717, 1.165) is 44.6 Å². The molecule has 2 unspecified atom stereocenters. The number of carbonyl (C=O) groups is 1. The molecule has 1 amide bonds. The minimum atomic E-state index is 0. The van der Waals surface area contributed by atoms with Crippen LogP contribution in [0.25, 0.3) is 0 Å².